The second-order valence-electron chi connectivity index (χ2n) is 5.01. The fourth-order valence-corrected chi connectivity index (χ4v) is 1.99. The number of carbonyl (C=O) groups is 1. The molecule has 4 nitrogen and oxygen atoms in total. The first kappa shape index (κ1) is 16.7. The van der Waals surface area contributed by atoms with Crippen LogP contribution in [0, 0.1) is 0 Å². The number of benzene rings is 1. The maximum absolute atomic E-state index is 10.9. The van der Waals surface area contributed by atoms with E-state index in [-0.39, 0.29) is 5.91 Å². The van der Waals surface area contributed by atoms with Crippen molar-refractivity contribution in [1.29, 1.82) is 0 Å². The van der Waals surface area contributed by atoms with Gasteiger partial charge in [-0.2, -0.15) is 0 Å². The van der Waals surface area contributed by atoms with Crippen LogP contribution in [0.15, 0.2) is 30.3 Å². The van der Waals surface area contributed by atoms with Gasteiger partial charge in [-0.3, -0.25) is 4.79 Å². The van der Waals surface area contributed by atoms with E-state index < -0.39 is 0 Å². The van der Waals surface area contributed by atoms with Crippen molar-refractivity contribution < 1.29 is 9.53 Å². The summed E-state index contributed by atoms with van der Waals surface area (Å²) in [6, 6.07) is 9.44. The Kier molecular flexibility index (Phi) is 7.92. The van der Waals surface area contributed by atoms with Gasteiger partial charge in [0, 0.05) is 32.3 Å². The first-order valence-corrected chi connectivity index (χ1v) is 7.22. The summed E-state index contributed by atoms with van der Waals surface area (Å²) in [6.45, 7) is 4.22. The van der Waals surface area contributed by atoms with Crippen molar-refractivity contribution in [1.82, 2.24) is 4.90 Å². The van der Waals surface area contributed by atoms with E-state index >= 15 is 0 Å². The number of likely N-dealkylation sites (tertiary alicyclic amines) is 1. The summed E-state index contributed by atoms with van der Waals surface area (Å²) in [5.41, 5.74) is 0.861. The summed E-state index contributed by atoms with van der Waals surface area (Å²) in [6.07, 6.45) is 3.45. The van der Waals surface area contributed by atoms with Crippen molar-refractivity contribution in [3.05, 3.63) is 30.3 Å². The molecule has 1 aliphatic rings. The first-order valence-electron chi connectivity index (χ1n) is 7.22. The molecule has 1 aromatic carbocycles. The number of amides is 1. The third-order valence-electron chi connectivity index (χ3n) is 3.38. The van der Waals surface area contributed by atoms with Crippen molar-refractivity contribution in [2.75, 3.05) is 32.6 Å². The normalized spacial score (nSPS) is 16.1. The minimum absolute atomic E-state index is 0.0520. The van der Waals surface area contributed by atoms with E-state index in [2.05, 4.69) is 17.3 Å². The van der Waals surface area contributed by atoms with Crippen molar-refractivity contribution >= 4 is 11.6 Å². The lowest BCUT2D eigenvalue weighted by molar-refractivity contribution is -0.115. The highest BCUT2D eigenvalue weighted by molar-refractivity contribution is 5.90. The van der Waals surface area contributed by atoms with Crippen LogP contribution >= 0.6 is 0 Å². The van der Waals surface area contributed by atoms with Crippen LogP contribution < -0.4 is 5.32 Å². The number of anilines is 1. The largest absolute Gasteiger partial charge is 0.381 e. The van der Waals surface area contributed by atoms with Crippen LogP contribution in [0.3, 0.4) is 0 Å². The summed E-state index contributed by atoms with van der Waals surface area (Å²) < 4.78 is 5.21. The first-order chi connectivity index (χ1) is 9.65. The number of hydrogen-bond donors (Lipinski definition) is 1. The predicted molar refractivity (Wildman–Crippen MR) is 82.9 cm³/mol. The van der Waals surface area contributed by atoms with Crippen LogP contribution in [-0.4, -0.2) is 44.2 Å². The Morgan fingerprint density at radius 1 is 1.30 bits per heavy atom. The summed E-state index contributed by atoms with van der Waals surface area (Å²) in [5, 5.41) is 2.75. The number of hydrogen-bond acceptors (Lipinski definition) is 3. The van der Waals surface area contributed by atoms with Gasteiger partial charge in [-0.15, -0.1) is 0 Å². The highest BCUT2D eigenvalue weighted by Gasteiger charge is 2.14. The maximum atomic E-state index is 10.9. The third kappa shape index (κ3) is 6.68. The van der Waals surface area contributed by atoms with Gasteiger partial charge < -0.3 is 15.0 Å². The van der Waals surface area contributed by atoms with Gasteiger partial charge in [0.2, 0.25) is 5.91 Å². The van der Waals surface area contributed by atoms with Gasteiger partial charge in [0.15, 0.2) is 0 Å². The second kappa shape index (κ2) is 9.50. The van der Waals surface area contributed by atoms with Gasteiger partial charge in [-0.05, 0) is 32.0 Å². The number of nitrogens with zero attached hydrogens (tertiary/aromatic N) is 1. The van der Waals surface area contributed by atoms with Crippen LogP contribution in [0.4, 0.5) is 5.69 Å². The van der Waals surface area contributed by atoms with Crippen molar-refractivity contribution in [2.24, 2.45) is 0 Å². The maximum Gasteiger partial charge on any atom is 0.224 e. The van der Waals surface area contributed by atoms with Crippen LogP contribution in [0.2, 0.25) is 0 Å². The van der Waals surface area contributed by atoms with Gasteiger partial charge in [-0.25, -0.2) is 0 Å². The van der Waals surface area contributed by atoms with E-state index in [1.807, 2.05) is 37.3 Å². The molecule has 0 aromatic heterocycles. The quantitative estimate of drug-likeness (QED) is 0.924. The Labute approximate surface area is 122 Å². The van der Waals surface area contributed by atoms with E-state index in [1.54, 1.807) is 7.11 Å². The molecular formula is C16H26N2O2. The molecule has 4 heteroatoms. The Morgan fingerprint density at radius 3 is 2.40 bits per heavy atom. The van der Waals surface area contributed by atoms with E-state index in [0.717, 1.165) is 5.69 Å². The molecule has 2 rings (SSSR count). The van der Waals surface area contributed by atoms with Crippen LogP contribution in [-0.2, 0) is 9.53 Å². The zero-order chi connectivity index (χ0) is 14.8. The summed E-state index contributed by atoms with van der Waals surface area (Å²) in [7, 11) is 3.96. The van der Waals surface area contributed by atoms with Crippen molar-refractivity contribution in [3.63, 3.8) is 0 Å². The topological polar surface area (TPSA) is 41.6 Å². The van der Waals surface area contributed by atoms with Gasteiger partial charge in [-0.1, -0.05) is 25.1 Å². The lowest BCUT2D eigenvalue weighted by Crippen LogP contribution is -2.33. The predicted octanol–water partition coefficient (Wildman–Crippen LogP) is 2.76. The van der Waals surface area contributed by atoms with Crippen LogP contribution in [0.25, 0.3) is 0 Å². The average molecular weight is 278 g/mol. The molecule has 0 unspecified atom stereocenters. The Bertz CT molecular complexity index is 373. The smallest absolute Gasteiger partial charge is 0.224 e. The molecule has 112 valence electrons. The lowest BCUT2D eigenvalue weighted by Gasteiger charge is -2.27. The molecule has 1 fully saturated rings. The van der Waals surface area contributed by atoms with Gasteiger partial charge in [0.25, 0.3) is 0 Å². The minimum Gasteiger partial charge on any atom is -0.381 e. The molecule has 1 aliphatic heterocycles. The SMILES string of the molecule is CCC(=O)Nc1ccccc1.COC1CCN(C)CC1. The van der Waals surface area contributed by atoms with Crippen LogP contribution in [0.5, 0.6) is 0 Å². The number of rotatable bonds is 3. The number of methoxy groups -OCH3 is 1. The second-order valence-corrected chi connectivity index (χ2v) is 5.01. The zero-order valence-electron chi connectivity index (χ0n) is 12.8. The van der Waals surface area contributed by atoms with Gasteiger partial charge in [0.1, 0.15) is 0 Å². The molecule has 1 N–H and O–H groups in total. The fraction of sp³-hybridized carbons (Fsp3) is 0.562. The van der Waals surface area contributed by atoms with Crippen LogP contribution in [0.1, 0.15) is 26.2 Å². The molecule has 0 spiro atoms. The van der Waals surface area contributed by atoms with E-state index in [0.29, 0.717) is 12.5 Å². The van der Waals surface area contributed by atoms with Crippen molar-refractivity contribution in [2.45, 2.75) is 32.3 Å². The van der Waals surface area contributed by atoms with Gasteiger partial charge in [0.05, 0.1) is 6.10 Å². The molecule has 0 aliphatic carbocycles. The highest BCUT2D eigenvalue weighted by atomic mass is 16.5. The number of carbonyl (C=O) groups excluding carboxylic acids is 1. The fourth-order valence-electron chi connectivity index (χ4n) is 1.99. The average Bonchev–Trinajstić information content (AvgIpc) is 2.49. The molecule has 0 bridgehead atoms. The Hall–Kier alpha value is -1.39. The molecule has 1 aromatic rings. The standard InChI is InChI=1S/C9H11NO.C7H15NO/c1-2-9(11)10-8-6-4-3-5-7-8;1-8-5-3-7(9-2)4-6-8/h3-7H,2H2,1H3,(H,10,11);7H,3-6H2,1-2H3. The molecule has 1 saturated heterocycles. The Balaban J connectivity index is 0.000000204. The molecule has 0 atom stereocenters. The minimum atomic E-state index is 0.0520. The zero-order valence-corrected chi connectivity index (χ0v) is 12.8. The number of para-hydroxylation sites is 1. The third-order valence-corrected chi connectivity index (χ3v) is 3.38. The summed E-state index contributed by atoms with van der Waals surface area (Å²) in [5.74, 6) is 0.0520. The lowest BCUT2D eigenvalue weighted by atomic mass is 10.1. The van der Waals surface area contributed by atoms with Crippen molar-refractivity contribution in [3.8, 4) is 0 Å². The van der Waals surface area contributed by atoms with E-state index in [1.165, 1.54) is 25.9 Å². The molecule has 0 saturated carbocycles. The molecule has 1 heterocycles. The molecular weight excluding hydrogens is 252 g/mol. The van der Waals surface area contributed by atoms with E-state index in [4.69, 9.17) is 4.74 Å². The Morgan fingerprint density at radius 2 is 1.90 bits per heavy atom. The molecule has 0 radical (unpaired) electrons. The van der Waals surface area contributed by atoms with Gasteiger partial charge >= 0.3 is 0 Å². The number of nitrogens with one attached hydrogen (secondary N) is 1. The molecule has 20 heavy (non-hydrogen) atoms. The highest BCUT2D eigenvalue weighted by Crippen LogP contribution is 2.10. The summed E-state index contributed by atoms with van der Waals surface area (Å²) >= 11 is 0. The monoisotopic (exact) mass is 278 g/mol. The summed E-state index contributed by atoms with van der Waals surface area (Å²) in [4.78, 5) is 13.2. The molecule has 1 amide bonds. The number of ether oxygens (including phenoxy) is 1. The number of piperidine rings is 1. The van der Waals surface area contributed by atoms with E-state index in [9.17, 15) is 4.79 Å².